The maximum absolute atomic E-state index is 12.0. The van der Waals surface area contributed by atoms with Gasteiger partial charge in [0.05, 0.1) is 5.56 Å². The Bertz CT molecular complexity index is 404. The van der Waals surface area contributed by atoms with E-state index in [-0.39, 0.29) is 5.97 Å². The Balaban J connectivity index is 2.85. The van der Waals surface area contributed by atoms with Crippen LogP contribution in [0.1, 0.15) is 30.6 Å². The third-order valence-electron chi connectivity index (χ3n) is 3.04. The quantitative estimate of drug-likeness (QED) is 0.494. The first kappa shape index (κ1) is 13.5. The number of nitrogen functional groups attached to an aromatic ring is 1. The fraction of sp³-hybridized carbons (Fsp3) is 0.462. The number of anilines is 1. The minimum atomic E-state index is -0.596. The zero-order valence-electron chi connectivity index (χ0n) is 10.9. The molecule has 0 radical (unpaired) electrons. The first-order valence-corrected chi connectivity index (χ1v) is 5.65. The van der Waals surface area contributed by atoms with Crippen LogP contribution in [-0.2, 0) is 4.74 Å². The van der Waals surface area contributed by atoms with Gasteiger partial charge in [0.25, 0.3) is 0 Å². The number of nitrogens with two attached hydrogens (primary N) is 1. The summed E-state index contributed by atoms with van der Waals surface area (Å²) in [5.74, 6) is -0.352. The van der Waals surface area contributed by atoms with Gasteiger partial charge in [-0.2, -0.15) is 0 Å². The second kappa shape index (κ2) is 5.19. The number of rotatable bonds is 4. The molecule has 0 amide bonds. The van der Waals surface area contributed by atoms with Gasteiger partial charge in [-0.15, -0.1) is 0 Å². The van der Waals surface area contributed by atoms with Gasteiger partial charge in [0, 0.05) is 5.69 Å². The summed E-state index contributed by atoms with van der Waals surface area (Å²) in [5, 5.41) is 0. The normalized spacial score (nSPS) is 14.4. The number of carbonyl (C=O) groups is 1. The van der Waals surface area contributed by atoms with Gasteiger partial charge in [-0.05, 0) is 45.6 Å². The van der Waals surface area contributed by atoms with E-state index in [4.69, 9.17) is 10.5 Å². The minimum absolute atomic E-state index is 0.352. The minimum Gasteiger partial charge on any atom is -0.440 e. The van der Waals surface area contributed by atoms with Crippen LogP contribution < -0.4 is 5.73 Å². The molecule has 0 aromatic heterocycles. The van der Waals surface area contributed by atoms with Crippen LogP contribution in [0, 0.1) is 0 Å². The predicted octanol–water partition coefficient (Wildman–Crippen LogP) is 2.11. The molecule has 0 heterocycles. The van der Waals surface area contributed by atoms with Crippen molar-refractivity contribution in [3.63, 3.8) is 0 Å². The SMILES string of the molecule is CCC(C)(OC(=O)c1cccc(N)c1)N(C)C. The van der Waals surface area contributed by atoms with E-state index < -0.39 is 5.72 Å². The van der Waals surface area contributed by atoms with Crippen molar-refractivity contribution in [2.45, 2.75) is 26.0 Å². The molecule has 0 aliphatic heterocycles. The molecule has 94 valence electrons. The molecule has 0 saturated carbocycles. The molecule has 0 fully saturated rings. The van der Waals surface area contributed by atoms with E-state index in [2.05, 4.69) is 0 Å². The third kappa shape index (κ3) is 3.20. The zero-order valence-corrected chi connectivity index (χ0v) is 10.9. The lowest BCUT2D eigenvalue weighted by atomic mass is 10.1. The van der Waals surface area contributed by atoms with Crippen LogP contribution in [0.3, 0.4) is 0 Å². The smallest absolute Gasteiger partial charge is 0.339 e. The monoisotopic (exact) mass is 236 g/mol. The molecule has 2 N–H and O–H groups in total. The Hall–Kier alpha value is -1.55. The van der Waals surface area contributed by atoms with Gasteiger partial charge in [-0.1, -0.05) is 13.0 Å². The Morgan fingerprint density at radius 3 is 2.59 bits per heavy atom. The van der Waals surface area contributed by atoms with Crippen LogP contribution in [0.25, 0.3) is 0 Å². The number of esters is 1. The van der Waals surface area contributed by atoms with Crippen molar-refractivity contribution in [3.8, 4) is 0 Å². The molecule has 1 unspecified atom stereocenters. The van der Waals surface area contributed by atoms with Crippen molar-refractivity contribution in [1.29, 1.82) is 0 Å². The number of hydrogen-bond donors (Lipinski definition) is 1. The van der Waals surface area contributed by atoms with E-state index in [0.29, 0.717) is 17.7 Å². The van der Waals surface area contributed by atoms with Crippen molar-refractivity contribution in [1.82, 2.24) is 4.90 Å². The van der Waals surface area contributed by atoms with Crippen molar-refractivity contribution in [2.24, 2.45) is 0 Å². The Labute approximate surface area is 102 Å². The zero-order chi connectivity index (χ0) is 13.1. The van der Waals surface area contributed by atoms with Crippen LogP contribution in [0.5, 0.6) is 0 Å². The number of carbonyl (C=O) groups excluding carboxylic acids is 1. The summed E-state index contributed by atoms with van der Waals surface area (Å²) in [5.41, 5.74) is 6.07. The highest BCUT2D eigenvalue weighted by Crippen LogP contribution is 2.20. The van der Waals surface area contributed by atoms with Crippen molar-refractivity contribution in [3.05, 3.63) is 29.8 Å². The fourth-order valence-corrected chi connectivity index (χ4v) is 1.40. The summed E-state index contributed by atoms with van der Waals surface area (Å²) in [4.78, 5) is 13.9. The number of nitrogens with zero attached hydrogens (tertiary/aromatic N) is 1. The Morgan fingerprint density at radius 2 is 2.12 bits per heavy atom. The fourth-order valence-electron chi connectivity index (χ4n) is 1.40. The number of ether oxygens (including phenoxy) is 1. The highest BCUT2D eigenvalue weighted by atomic mass is 16.6. The highest BCUT2D eigenvalue weighted by molar-refractivity contribution is 5.90. The lowest BCUT2D eigenvalue weighted by Gasteiger charge is -2.34. The molecule has 0 spiro atoms. The van der Waals surface area contributed by atoms with Crippen LogP contribution >= 0.6 is 0 Å². The summed E-state index contributed by atoms with van der Waals surface area (Å²) in [7, 11) is 3.77. The molecule has 4 nitrogen and oxygen atoms in total. The second-order valence-corrected chi connectivity index (χ2v) is 4.44. The summed E-state index contributed by atoms with van der Waals surface area (Å²) < 4.78 is 5.52. The highest BCUT2D eigenvalue weighted by Gasteiger charge is 2.29. The second-order valence-electron chi connectivity index (χ2n) is 4.44. The topological polar surface area (TPSA) is 55.6 Å². The third-order valence-corrected chi connectivity index (χ3v) is 3.04. The molecule has 1 atom stereocenters. The average molecular weight is 236 g/mol. The van der Waals surface area contributed by atoms with Crippen LogP contribution in [0.2, 0.25) is 0 Å². The summed E-state index contributed by atoms with van der Waals surface area (Å²) in [6.07, 6.45) is 0.716. The van der Waals surface area contributed by atoms with Gasteiger partial charge in [0.1, 0.15) is 0 Å². The van der Waals surface area contributed by atoms with Crippen LogP contribution in [-0.4, -0.2) is 30.7 Å². The van der Waals surface area contributed by atoms with Gasteiger partial charge in [-0.25, -0.2) is 4.79 Å². The Kier molecular flexibility index (Phi) is 4.12. The molecule has 0 aliphatic rings. The van der Waals surface area contributed by atoms with Crippen molar-refractivity contribution < 1.29 is 9.53 Å². The van der Waals surface area contributed by atoms with Gasteiger partial charge in [0.2, 0.25) is 0 Å². The van der Waals surface area contributed by atoms with Gasteiger partial charge in [0.15, 0.2) is 5.72 Å². The van der Waals surface area contributed by atoms with Gasteiger partial charge < -0.3 is 10.5 Å². The lowest BCUT2D eigenvalue weighted by Crippen LogP contribution is -2.44. The van der Waals surface area contributed by atoms with E-state index in [1.807, 2.05) is 32.8 Å². The van der Waals surface area contributed by atoms with E-state index >= 15 is 0 Å². The lowest BCUT2D eigenvalue weighted by molar-refractivity contribution is -0.0876. The molecule has 0 aliphatic carbocycles. The molecule has 0 bridgehead atoms. The first-order chi connectivity index (χ1) is 7.89. The standard InChI is InChI=1S/C13H20N2O2/c1-5-13(2,15(3)4)17-12(16)10-7-6-8-11(14)9-10/h6-9H,5,14H2,1-4H3. The molecule has 17 heavy (non-hydrogen) atoms. The van der Waals surface area contributed by atoms with E-state index in [1.165, 1.54) is 0 Å². The molecule has 1 rings (SSSR count). The summed E-state index contributed by atoms with van der Waals surface area (Å²) >= 11 is 0. The first-order valence-electron chi connectivity index (χ1n) is 5.65. The number of hydrogen-bond acceptors (Lipinski definition) is 4. The van der Waals surface area contributed by atoms with Crippen LogP contribution in [0.15, 0.2) is 24.3 Å². The molecule has 1 aromatic rings. The van der Waals surface area contributed by atoms with Gasteiger partial charge >= 0.3 is 5.97 Å². The maximum atomic E-state index is 12.0. The Morgan fingerprint density at radius 1 is 1.47 bits per heavy atom. The molecule has 1 aromatic carbocycles. The van der Waals surface area contributed by atoms with E-state index in [1.54, 1.807) is 24.3 Å². The van der Waals surface area contributed by atoms with E-state index in [9.17, 15) is 4.79 Å². The number of benzene rings is 1. The van der Waals surface area contributed by atoms with Crippen molar-refractivity contribution >= 4 is 11.7 Å². The van der Waals surface area contributed by atoms with Gasteiger partial charge in [-0.3, -0.25) is 4.90 Å². The van der Waals surface area contributed by atoms with Crippen molar-refractivity contribution in [2.75, 3.05) is 19.8 Å². The molecular formula is C13H20N2O2. The predicted molar refractivity (Wildman–Crippen MR) is 68.7 cm³/mol. The van der Waals surface area contributed by atoms with E-state index in [0.717, 1.165) is 0 Å². The summed E-state index contributed by atoms with van der Waals surface area (Å²) in [6, 6.07) is 6.80. The molecule has 4 heteroatoms. The average Bonchev–Trinajstić information content (AvgIpc) is 2.28. The molecule has 0 saturated heterocycles. The largest absolute Gasteiger partial charge is 0.440 e. The summed E-state index contributed by atoms with van der Waals surface area (Å²) in [6.45, 7) is 3.86. The van der Waals surface area contributed by atoms with Crippen LogP contribution in [0.4, 0.5) is 5.69 Å². The molecular weight excluding hydrogens is 216 g/mol. The maximum Gasteiger partial charge on any atom is 0.339 e.